The van der Waals surface area contributed by atoms with E-state index in [-0.39, 0.29) is 5.82 Å². The van der Waals surface area contributed by atoms with Gasteiger partial charge in [0.05, 0.1) is 5.69 Å². The smallest absolute Gasteiger partial charge is 0.295 e. The molecule has 0 bridgehead atoms. The molecule has 0 unspecified atom stereocenters. The maximum atomic E-state index is 13.0. The van der Waals surface area contributed by atoms with Crippen molar-refractivity contribution in [2.45, 2.75) is 20.8 Å². The van der Waals surface area contributed by atoms with E-state index < -0.39 is 5.91 Å². The summed E-state index contributed by atoms with van der Waals surface area (Å²) in [6, 6.07) is 18.7. The number of nitrogens with zero attached hydrogens (tertiary/aromatic N) is 3. The Kier molecular flexibility index (Phi) is 5.81. The van der Waals surface area contributed by atoms with Gasteiger partial charge in [-0.25, -0.2) is 9.67 Å². The SMILES string of the molecule is Cc1ccc(NC(=O)c2nc(-c3cccc(Cl)c3)n(-c3ccc(C)c(Cl)c3)n2)c(C)c1. The fraction of sp³-hybridized carbons (Fsp3) is 0.125. The van der Waals surface area contributed by atoms with Crippen LogP contribution in [0.15, 0.2) is 60.7 Å². The molecule has 0 aliphatic rings. The monoisotopic (exact) mass is 450 g/mol. The Hall–Kier alpha value is -3.15. The van der Waals surface area contributed by atoms with Crippen molar-refractivity contribution in [3.8, 4) is 17.1 Å². The standard InChI is InChI=1S/C24H20Cl2N4O/c1-14-7-10-21(16(3)11-14)27-24(31)22-28-23(17-5-4-6-18(25)12-17)30(29-22)19-9-8-15(2)20(26)13-19/h4-13H,1-3H3,(H,27,31). The number of benzene rings is 3. The predicted molar refractivity (Wildman–Crippen MR) is 125 cm³/mol. The molecule has 31 heavy (non-hydrogen) atoms. The van der Waals surface area contributed by atoms with Gasteiger partial charge in [0.15, 0.2) is 5.82 Å². The first-order valence-electron chi connectivity index (χ1n) is 9.70. The fourth-order valence-corrected chi connectivity index (χ4v) is 3.61. The number of amides is 1. The molecule has 0 fully saturated rings. The molecule has 1 N–H and O–H groups in total. The summed E-state index contributed by atoms with van der Waals surface area (Å²) in [5, 5.41) is 8.56. The lowest BCUT2D eigenvalue weighted by atomic mass is 10.1. The molecular formula is C24H20Cl2N4O. The maximum absolute atomic E-state index is 13.0. The first-order valence-corrected chi connectivity index (χ1v) is 10.5. The van der Waals surface area contributed by atoms with E-state index in [4.69, 9.17) is 23.2 Å². The second kappa shape index (κ2) is 8.53. The molecule has 4 aromatic rings. The van der Waals surface area contributed by atoms with Crippen molar-refractivity contribution in [2.24, 2.45) is 0 Å². The molecular weight excluding hydrogens is 431 g/mol. The Morgan fingerprint density at radius 3 is 2.45 bits per heavy atom. The van der Waals surface area contributed by atoms with Gasteiger partial charge in [-0.15, -0.1) is 5.10 Å². The van der Waals surface area contributed by atoms with Crippen LogP contribution in [0, 0.1) is 20.8 Å². The summed E-state index contributed by atoms with van der Waals surface area (Å²) in [5.74, 6) is 0.145. The molecule has 4 rings (SSSR count). The first-order chi connectivity index (χ1) is 14.8. The van der Waals surface area contributed by atoms with Crippen LogP contribution < -0.4 is 5.32 Å². The van der Waals surface area contributed by atoms with E-state index in [1.54, 1.807) is 22.9 Å². The lowest BCUT2D eigenvalue weighted by Gasteiger charge is -2.08. The highest BCUT2D eigenvalue weighted by Crippen LogP contribution is 2.27. The van der Waals surface area contributed by atoms with E-state index in [0.717, 1.165) is 27.9 Å². The van der Waals surface area contributed by atoms with Gasteiger partial charge >= 0.3 is 0 Å². The number of hydrogen-bond acceptors (Lipinski definition) is 3. The number of hydrogen-bond donors (Lipinski definition) is 1. The van der Waals surface area contributed by atoms with Gasteiger partial charge in [0.2, 0.25) is 5.82 Å². The molecule has 0 atom stereocenters. The average molecular weight is 451 g/mol. The van der Waals surface area contributed by atoms with Gasteiger partial charge in [0.1, 0.15) is 0 Å². The van der Waals surface area contributed by atoms with Gasteiger partial charge in [-0.3, -0.25) is 4.79 Å². The Balaban J connectivity index is 1.78. The van der Waals surface area contributed by atoms with Crippen molar-refractivity contribution in [1.29, 1.82) is 0 Å². The minimum absolute atomic E-state index is 0.0478. The molecule has 0 aliphatic heterocycles. The lowest BCUT2D eigenvalue weighted by Crippen LogP contribution is -2.15. The van der Waals surface area contributed by atoms with Crippen molar-refractivity contribution in [2.75, 3.05) is 5.32 Å². The summed E-state index contributed by atoms with van der Waals surface area (Å²) in [7, 11) is 0. The molecule has 3 aromatic carbocycles. The van der Waals surface area contributed by atoms with Crippen LogP contribution in [0.3, 0.4) is 0 Å². The van der Waals surface area contributed by atoms with Crippen LogP contribution in [0.1, 0.15) is 27.3 Å². The molecule has 7 heteroatoms. The quantitative estimate of drug-likeness (QED) is 0.390. The van der Waals surface area contributed by atoms with Crippen LogP contribution in [0.5, 0.6) is 0 Å². The largest absolute Gasteiger partial charge is 0.319 e. The minimum Gasteiger partial charge on any atom is -0.319 e. The fourth-order valence-electron chi connectivity index (χ4n) is 3.25. The van der Waals surface area contributed by atoms with Crippen LogP contribution in [-0.2, 0) is 0 Å². The van der Waals surface area contributed by atoms with E-state index >= 15 is 0 Å². The number of nitrogens with one attached hydrogen (secondary N) is 1. The summed E-state index contributed by atoms with van der Waals surface area (Å²) in [5.41, 5.74) is 5.19. The van der Waals surface area contributed by atoms with Crippen molar-refractivity contribution < 1.29 is 4.79 Å². The van der Waals surface area contributed by atoms with E-state index in [1.165, 1.54) is 0 Å². The predicted octanol–water partition coefficient (Wildman–Crippen LogP) is 6.42. The van der Waals surface area contributed by atoms with Gasteiger partial charge in [-0.2, -0.15) is 0 Å². The van der Waals surface area contributed by atoms with E-state index in [9.17, 15) is 4.79 Å². The third-order valence-electron chi connectivity index (χ3n) is 4.92. The van der Waals surface area contributed by atoms with Crippen molar-refractivity contribution in [3.63, 3.8) is 0 Å². The van der Waals surface area contributed by atoms with Gasteiger partial charge in [0.25, 0.3) is 5.91 Å². The van der Waals surface area contributed by atoms with Crippen molar-refractivity contribution in [3.05, 3.63) is 93.2 Å². The number of carbonyl (C=O) groups excluding carboxylic acids is 1. The van der Waals surface area contributed by atoms with Gasteiger partial charge in [-0.05, 0) is 62.2 Å². The molecule has 0 spiro atoms. The van der Waals surface area contributed by atoms with Crippen molar-refractivity contribution >= 4 is 34.8 Å². The van der Waals surface area contributed by atoms with Crippen molar-refractivity contribution in [1.82, 2.24) is 14.8 Å². The Labute approximate surface area is 190 Å². The van der Waals surface area contributed by atoms with Gasteiger partial charge in [0, 0.05) is 21.3 Å². The minimum atomic E-state index is -0.396. The Morgan fingerprint density at radius 2 is 1.74 bits per heavy atom. The number of aryl methyl sites for hydroxylation is 3. The van der Waals surface area contributed by atoms with E-state index in [0.29, 0.717) is 21.6 Å². The van der Waals surface area contributed by atoms with Gasteiger partial charge < -0.3 is 5.32 Å². The first kappa shape index (κ1) is 21.1. The third-order valence-corrected chi connectivity index (χ3v) is 5.57. The molecule has 0 aliphatic carbocycles. The van der Waals surface area contributed by atoms with Crippen LogP contribution in [0.2, 0.25) is 10.0 Å². The topological polar surface area (TPSA) is 59.8 Å². The molecule has 1 heterocycles. The summed E-state index contributed by atoms with van der Waals surface area (Å²) in [6.07, 6.45) is 0. The number of aromatic nitrogens is 3. The van der Waals surface area contributed by atoms with Crippen LogP contribution in [0.25, 0.3) is 17.1 Å². The zero-order valence-electron chi connectivity index (χ0n) is 17.3. The van der Waals surface area contributed by atoms with Crippen LogP contribution in [-0.4, -0.2) is 20.7 Å². The number of rotatable bonds is 4. The van der Waals surface area contributed by atoms with E-state index in [2.05, 4.69) is 15.4 Å². The Bertz CT molecular complexity index is 1300. The number of carbonyl (C=O) groups is 1. The third kappa shape index (κ3) is 4.48. The van der Waals surface area contributed by atoms with Crippen LogP contribution in [0.4, 0.5) is 5.69 Å². The molecule has 1 amide bonds. The summed E-state index contributed by atoms with van der Waals surface area (Å²) in [4.78, 5) is 17.5. The second-order valence-corrected chi connectivity index (χ2v) is 8.23. The molecule has 5 nitrogen and oxygen atoms in total. The maximum Gasteiger partial charge on any atom is 0.295 e. The van der Waals surface area contributed by atoms with E-state index in [1.807, 2.05) is 63.2 Å². The molecule has 0 saturated carbocycles. The molecule has 0 saturated heterocycles. The Morgan fingerprint density at radius 1 is 0.935 bits per heavy atom. The zero-order valence-corrected chi connectivity index (χ0v) is 18.8. The van der Waals surface area contributed by atoms with Gasteiger partial charge in [-0.1, -0.05) is 59.1 Å². The highest BCUT2D eigenvalue weighted by Gasteiger charge is 2.20. The molecule has 1 aromatic heterocycles. The number of anilines is 1. The average Bonchev–Trinajstić information content (AvgIpc) is 3.18. The van der Waals surface area contributed by atoms with Crippen LogP contribution >= 0.6 is 23.2 Å². The highest BCUT2D eigenvalue weighted by atomic mass is 35.5. The lowest BCUT2D eigenvalue weighted by molar-refractivity contribution is 0.101. The highest BCUT2D eigenvalue weighted by molar-refractivity contribution is 6.31. The molecule has 156 valence electrons. The normalized spacial score (nSPS) is 10.9. The molecule has 0 radical (unpaired) electrons. The summed E-state index contributed by atoms with van der Waals surface area (Å²) >= 11 is 12.5. The number of halogens is 2. The summed E-state index contributed by atoms with van der Waals surface area (Å²) < 4.78 is 1.61. The second-order valence-electron chi connectivity index (χ2n) is 7.39. The zero-order chi connectivity index (χ0) is 22.1. The summed E-state index contributed by atoms with van der Waals surface area (Å²) in [6.45, 7) is 5.88.